The number of carbonyl (C=O) groups excluding carboxylic acids is 2. The van der Waals surface area contributed by atoms with E-state index < -0.39 is 16.1 Å². The van der Waals surface area contributed by atoms with Crippen molar-refractivity contribution in [1.82, 2.24) is 14.5 Å². The molecule has 3 unspecified atom stereocenters. The maximum Gasteiger partial charge on any atom is 0.242 e. The van der Waals surface area contributed by atoms with Crippen molar-refractivity contribution < 1.29 is 18.0 Å². The first kappa shape index (κ1) is 21.9. The van der Waals surface area contributed by atoms with E-state index in [1.54, 1.807) is 18.2 Å². The molecule has 1 aliphatic carbocycles. The van der Waals surface area contributed by atoms with Crippen LogP contribution in [0.25, 0.3) is 10.8 Å². The van der Waals surface area contributed by atoms with Crippen molar-refractivity contribution in [2.75, 3.05) is 19.6 Å². The number of nitrogens with one attached hydrogen (secondary N) is 1. The molecule has 170 valence electrons. The Morgan fingerprint density at radius 1 is 1.19 bits per heavy atom. The fourth-order valence-electron chi connectivity index (χ4n) is 5.13. The molecule has 0 spiro atoms. The topological polar surface area (TPSA) is 86.8 Å². The molecule has 32 heavy (non-hydrogen) atoms. The predicted molar refractivity (Wildman–Crippen MR) is 124 cm³/mol. The molecule has 3 fully saturated rings. The molecule has 7 nitrogen and oxygen atoms in total. The molecule has 1 saturated carbocycles. The average Bonchev–Trinajstić information content (AvgIpc) is 3.46. The molecule has 0 radical (unpaired) electrons. The van der Waals surface area contributed by atoms with Gasteiger partial charge in [-0.3, -0.25) is 9.59 Å². The number of sulfonamides is 1. The lowest BCUT2D eigenvalue weighted by Gasteiger charge is -2.34. The summed E-state index contributed by atoms with van der Waals surface area (Å²) >= 11 is 3.42. The van der Waals surface area contributed by atoms with Crippen LogP contribution in [0.1, 0.15) is 26.2 Å². The Balaban J connectivity index is 1.27. The van der Waals surface area contributed by atoms with E-state index in [1.165, 1.54) is 11.3 Å². The largest absolute Gasteiger partial charge is 0.338 e. The van der Waals surface area contributed by atoms with Gasteiger partial charge >= 0.3 is 0 Å². The number of benzene rings is 2. The molecular formula is C23H26BrN3O4S. The van der Waals surface area contributed by atoms with Crippen molar-refractivity contribution in [2.24, 2.45) is 11.8 Å². The van der Waals surface area contributed by atoms with Gasteiger partial charge in [0.15, 0.2) is 0 Å². The molecular weight excluding hydrogens is 494 g/mol. The fraction of sp³-hybridized carbons (Fsp3) is 0.478. The van der Waals surface area contributed by atoms with Crippen LogP contribution in [0, 0.1) is 11.8 Å². The van der Waals surface area contributed by atoms with Crippen molar-refractivity contribution in [3.63, 3.8) is 0 Å². The first-order valence-electron chi connectivity index (χ1n) is 11.0. The molecule has 2 amide bonds. The minimum absolute atomic E-state index is 0.0195. The number of hydrogen-bond donors (Lipinski definition) is 1. The zero-order valence-electron chi connectivity index (χ0n) is 17.8. The predicted octanol–water partition coefficient (Wildman–Crippen LogP) is 2.74. The molecule has 2 aromatic carbocycles. The number of piperidine rings is 2. The fourth-order valence-corrected chi connectivity index (χ4v) is 6.77. The number of fused-ring (bicyclic) bond motifs is 2. The van der Waals surface area contributed by atoms with Crippen LogP contribution in [0.3, 0.4) is 0 Å². The lowest BCUT2D eigenvalue weighted by atomic mass is 10.1. The van der Waals surface area contributed by atoms with Crippen molar-refractivity contribution in [1.29, 1.82) is 0 Å². The highest BCUT2D eigenvalue weighted by Gasteiger charge is 2.52. The maximum atomic E-state index is 13.0. The van der Waals surface area contributed by atoms with Gasteiger partial charge in [-0.1, -0.05) is 28.1 Å². The third-order valence-electron chi connectivity index (χ3n) is 7.08. The Morgan fingerprint density at radius 3 is 2.69 bits per heavy atom. The third-order valence-corrected chi connectivity index (χ3v) is 9.04. The van der Waals surface area contributed by atoms with Crippen molar-refractivity contribution in [2.45, 2.75) is 43.2 Å². The van der Waals surface area contributed by atoms with Gasteiger partial charge in [0.1, 0.15) is 6.04 Å². The second-order valence-corrected chi connectivity index (χ2v) is 11.8. The van der Waals surface area contributed by atoms with E-state index in [2.05, 4.69) is 27.6 Å². The Labute approximate surface area is 196 Å². The van der Waals surface area contributed by atoms with Crippen molar-refractivity contribution >= 4 is 48.5 Å². The number of hydrogen-bond acceptors (Lipinski definition) is 4. The quantitative estimate of drug-likeness (QED) is 0.657. The molecule has 2 heterocycles. The number of carbonyl (C=O) groups is 2. The van der Waals surface area contributed by atoms with E-state index in [4.69, 9.17) is 0 Å². The standard InChI is InChI=1S/C23H26BrN3O4S/c1-14-20-11-17(20)12-27(14)22(28)13-26-8-2-3-21(23(26)29)25-32(30,31)19-7-5-15-9-18(24)6-4-16(15)10-19/h4-7,9-10,14,17,20-21,25H,2-3,8,11-13H2,1H3/t14?,17?,20?,21-/m0/s1. The molecule has 2 aromatic rings. The number of halogens is 1. The first-order chi connectivity index (χ1) is 15.2. The van der Waals surface area contributed by atoms with Gasteiger partial charge in [-0.2, -0.15) is 4.72 Å². The summed E-state index contributed by atoms with van der Waals surface area (Å²) in [6.07, 6.45) is 2.27. The van der Waals surface area contributed by atoms with Crippen LogP contribution >= 0.6 is 15.9 Å². The van der Waals surface area contributed by atoms with Gasteiger partial charge in [0.2, 0.25) is 21.8 Å². The Kier molecular flexibility index (Phi) is 5.54. The van der Waals surface area contributed by atoms with Gasteiger partial charge in [-0.25, -0.2) is 8.42 Å². The molecule has 4 atom stereocenters. The highest BCUT2D eigenvalue weighted by atomic mass is 79.9. The van der Waals surface area contributed by atoms with Gasteiger partial charge in [0.05, 0.1) is 11.4 Å². The highest BCUT2D eigenvalue weighted by Crippen LogP contribution is 2.49. The normalized spacial score (nSPS) is 27.6. The number of nitrogens with zero attached hydrogens (tertiary/aromatic N) is 2. The van der Waals surface area contributed by atoms with Crippen molar-refractivity contribution in [3.8, 4) is 0 Å². The Bertz CT molecular complexity index is 1200. The van der Waals surface area contributed by atoms with E-state index in [9.17, 15) is 18.0 Å². The Hall–Kier alpha value is -1.97. The molecule has 9 heteroatoms. The lowest BCUT2D eigenvalue weighted by Crippen LogP contribution is -2.55. The van der Waals surface area contributed by atoms with Crippen LogP contribution in [0.15, 0.2) is 45.8 Å². The van der Waals surface area contributed by atoms with E-state index in [-0.39, 0.29) is 29.3 Å². The lowest BCUT2D eigenvalue weighted by molar-refractivity contribution is -0.143. The Morgan fingerprint density at radius 2 is 1.94 bits per heavy atom. The maximum absolute atomic E-state index is 13.0. The molecule has 2 saturated heterocycles. The molecule has 5 rings (SSSR count). The van der Waals surface area contributed by atoms with Crippen LogP contribution < -0.4 is 4.72 Å². The zero-order chi connectivity index (χ0) is 22.6. The van der Waals surface area contributed by atoms with E-state index in [1.807, 2.05) is 23.1 Å². The monoisotopic (exact) mass is 519 g/mol. The summed E-state index contributed by atoms with van der Waals surface area (Å²) in [4.78, 5) is 29.3. The molecule has 1 N–H and O–H groups in total. The number of amides is 2. The van der Waals surface area contributed by atoms with Gasteiger partial charge in [-0.05, 0) is 73.1 Å². The molecule has 0 bridgehead atoms. The summed E-state index contributed by atoms with van der Waals surface area (Å²) in [5.41, 5.74) is 0. The van der Waals surface area contributed by atoms with Crippen molar-refractivity contribution in [3.05, 3.63) is 40.9 Å². The van der Waals surface area contributed by atoms with E-state index in [0.29, 0.717) is 31.2 Å². The molecule has 0 aromatic heterocycles. The third kappa shape index (κ3) is 4.06. The number of rotatable bonds is 5. The average molecular weight is 520 g/mol. The van der Waals surface area contributed by atoms with E-state index in [0.717, 1.165) is 21.8 Å². The summed E-state index contributed by atoms with van der Waals surface area (Å²) in [5, 5.41) is 1.72. The smallest absolute Gasteiger partial charge is 0.242 e. The van der Waals surface area contributed by atoms with Crippen LogP contribution in [0.2, 0.25) is 0 Å². The summed E-state index contributed by atoms with van der Waals surface area (Å²) in [6, 6.07) is 9.91. The van der Waals surface area contributed by atoms with E-state index >= 15 is 0 Å². The van der Waals surface area contributed by atoms with Crippen LogP contribution in [-0.2, 0) is 19.6 Å². The van der Waals surface area contributed by atoms with Gasteiger partial charge < -0.3 is 9.80 Å². The summed E-state index contributed by atoms with van der Waals surface area (Å²) < 4.78 is 29.5. The van der Waals surface area contributed by atoms with Gasteiger partial charge in [0, 0.05) is 23.6 Å². The first-order valence-corrected chi connectivity index (χ1v) is 13.3. The van der Waals surface area contributed by atoms with Crippen LogP contribution in [-0.4, -0.2) is 61.7 Å². The second-order valence-electron chi connectivity index (χ2n) is 9.18. The van der Waals surface area contributed by atoms with Gasteiger partial charge in [0.25, 0.3) is 0 Å². The highest BCUT2D eigenvalue weighted by molar-refractivity contribution is 9.10. The van der Waals surface area contributed by atoms with Gasteiger partial charge in [-0.15, -0.1) is 0 Å². The summed E-state index contributed by atoms with van der Waals surface area (Å²) in [7, 11) is -3.88. The zero-order valence-corrected chi connectivity index (χ0v) is 20.2. The second kappa shape index (κ2) is 8.11. The summed E-state index contributed by atoms with van der Waals surface area (Å²) in [6.45, 7) is 3.35. The SMILES string of the molecule is CC1C2CC2CN1C(=O)CN1CCC[C@H](NS(=O)(=O)c2ccc3cc(Br)ccc3c2)C1=O. The van der Waals surface area contributed by atoms with Crippen LogP contribution in [0.4, 0.5) is 0 Å². The minimum Gasteiger partial charge on any atom is -0.338 e. The molecule has 3 aliphatic rings. The minimum atomic E-state index is -3.88. The van der Waals surface area contributed by atoms with Crippen LogP contribution in [0.5, 0.6) is 0 Å². The molecule has 2 aliphatic heterocycles. The number of likely N-dealkylation sites (tertiary alicyclic amines) is 2. The summed E-state index contributed by atoms with van der Waals surface area (Å²) in [5.74, 6) is 0.865.